The number of carboxylic acids is 1. The Hall–Kier alpha value is -3.31. The van der Waals surface area contributed by atoms with E-state index in [-0.39, 0.29) is 22.8 Å². The first-order chi connectivity index (χ1) is 16.1. The van der Waals surface area contributed by atoms with Gasteiger partial charge in [0.05, 0.1) is 10.6 Å². The minimum atomic E-state index is -1.10. The summed E-state index contributed by atoms with van der Waals surface area (Å²) in [4.78, 5) is 29.5. The number of carboxylic acid groups (broad SMARTS) is 1. The predicted molar refractivity (Wildman–Crippen MR) is 135 cm³/mol. The minimum absolute atomic E-state index is 0.144. The van der Waals surface area contributed by atoms with Crippen molar-refractivity contribution in [3.05, 3.63) is 51.6 Å². The van der Waals surface area contributed by atoms with E-state index in [1.54, 1.807) is 6.07 Å². The summed E-state index contributed by atoms with van der Waals surface area (Å²) >= 11 is 5.76. The highest BCUT2D eigenvalue weighted by Gasteiger charge is 2.22. The number of thiophene rings is 1. The van der Waals surface area contributed by atoms with Gasteiger partial charge in [0.15, 0.2) is 11.9 Å². The van der Waals surface area contributed by atoms with Gasteiger partial charge in [-0.1, -0.05) is 19.9 Å². The molecular formula is C23H26N4O5S2. The first-order valence-corrected chi connectivity index (χ1v) is 11.9. The number of rotatable bonds is 9. The smallest absolute Gasteiger partial charge is 0.344 e. The molecule has 1 aromatic carbocycles. The Morgan fingerprint density at radius 1 is 1.32 bits per heavy atom. The van der Waals surface area contributed by atoms with Crippen molar-refractivity contribution in [2.45, 2.75) is 44.7 Å². The lowest BCUT2D eigenvalue weighted by atomic mass is 10.1. The first kappa shape index (κ1) is 25.3. The van der Waals surface area contributed by atoms with Gasteiger partial charge in [-0.2, -0.15) is 5.10 Å². The third-order valence-electron chi connectivity index (χ3n) is 4.91. The number of aromatic nitrogens is 2. The molecule has 0 bridgehead atoms. The molecule has 0 radical (unpaired) electrons. The summed E-state index contributed by atoms with van der Waals surface area (Å²) < 4.78 is 6.63. The molecule has 2 aromatic heterocycles. The molecule has 0 saturated carbocycles. The van der Waals surface area contributed by atoms with Crippen LogP contribution in [0.5, 0.6) is 11.5 Å². The minimum Gasteiger partial charge on any atom is -0.505 e. The normalized spacial score (nSPS) is 12.7. The molecule has 3 aromatic rings. The van der Waals surface area contributed by atoms with E-state index in [1.807, 2.05) is 25.3 Å². The second-order valence-corrected chi connectivity index (χ2v) is 9.44. The molecule has 1 unspecified atom stereocenters. The lowest BCUT2D eigenvalue weighted by molar-refractivity contribution is -0.144. The maximum absolute atomic E-state index is 13.2. The number of benzene rings is 1. The van der Waals surface area contributed by atoms with Gasteiger partial charge in [0.25, 0.3) is 5.56 Å². The highest BCUT2D eigenvalue weighted by atomic mass is 32.1. The molecule has 0 spiro atoms. The second kappa shape index (κ2) is 10.7. The van der Waals surface area contributed by atoms with Crippen molar-refractivity contribution in [1.82, 2.24) is 9.78 Å². The summed E-state index contributed by atoms with van der Waals surface area (Å²) in [5.74, 6) is -0.997. The van der Waals surface area contributed by atoms with Crippen LogP contribution in [-0.4, -0.2) is 37.9 Å². The Labute approximate surface area is 206 Å². The van der Waals surface area contributed by atoms with Gasteiger partial charge >= 0.3 is 5.97 Å². The number of aryl methyl sites for hydroxylation is 1. The van der Waals surface area contributed by atoms with Gasteiger partial charge in [0.1, 0.15) is 22.8 Å². The lowest BCUT2D eigenvalue weighted by Gasteiger charge is -2.14. The van der Waals surface area contributed by atoms with E-state index in [4.69, 9.17) is 15.6 Å². The molecule has 0 amide bonds. The van der Waals surface area contributed by atoms with E-state index in [1.165, 1.54) is 41.1 Å². The van der Waals surface area contributed by atoms with Gasteiger partial charge in [0.2, 0.25) is 0 Å². The number of ether oxygens (including phenoxy) is 1. The fourth-order valence-electron chi connectivity index (χ4n) is 3.02. The molecule has 0 saturated heterocycles. The zero-order valence-electron chi connectivity index (χ0n) is 18.9. The van der Waals surface area contributed by atoms with Crippen LogP contribution in [0.15, 0.2) is 50.4 Å². The largest absolute Gasteiger partial charge is 0.505 e. The van der Waals surface area contributed by atoms with Crippen LogP contribution in [0.4, 0.5) is 5.69 Å². The number of thiol groups is 1. The number of nitrogens with zero attached hydrogens (tertiary/aromatic N) is 3. The van der Waals surface area contributed by atoms with Gasteiger partial charge < -0.3 is 20.7 Å². The molecule has 4 N–H and O–H groups in total. The molecule has 0 aliphatic rings. The average molecular weight is 503 g/mol. The van der Waals surface area contributed by atoms with Crippen LogP contribution in [0.1, 0.15) is 32.8 Å². The topological polar surface area (TPSA) is 140 Å². The number of aromatic hydroxyl groups is 1. The van der Waals surface area contributed by atoms with Crippen molar-refractivity contribution in [2.75, 3.05) is 0 Å². The molecule has 34 heavy (non-hydrogen) atoms. The summed E-state index contributed by atoms with van der Waals surface area (Å²) in [6.45, 7) is 5.86. The maximum atomic E-state index is 13.2. The van der Waals surface area contributed by atoms with Crippen molar-refractivity contribution in [3.63, 3.8) is 0 Å². The Bertz CT molecular complexity index is 1270. The third kappa shape index (κ3) is 5.78. The summed E-state index contributed by atoms with van der Waals surface area (Å²) in [5.41, 5.74) is 6.09. The van der Waals surface area contributed by atoms with E-state index >= 15 is 0 Å². The molecule has 0 aliphatic heterocycles. The van der Waals surface area contributed by atoms with E-state index < -0.39 is 17.6 Å². The first-order valence-electron chi connectivity index (χ1n) is 10.5. The van der Waals surface area contributed by atoms with Crippen molar-refractivity contribution in [3.8, 4) is 22.1 Å². The zero-order valence-corrected chi connectivity index (χ0v) is 20.6. The summed E-state index contributed by atoms with van der Waals surface area (Å²) in [5, 5.41) is 26.2. The van der Waals surface area contributed by atoms with Crippen molar-refractivity contribution < 1.29 is 19.7 Å². The Kier molecular flexibility index (Phi) is 8.00. The van der Waals surface area contributed by atoms with Gasteiger partial charge in [0, 0.05) is 11.4 Å². The maximum Gasteiger partial charge on any atom is 0.344 e. The van der Waals surface area contributed by atoms with Gasteiger partial charge in [-0.25, -0.2) is 14.5 Å². The third-order valence-corrected chi connectivity index (χ3v) is 6.14. The molecular weight excluding hydrogens is 476 g/mol. The fourth-order valence-corrected chi connectivity index (χ4v) is 3.98. The molecule has 1 atom stereocenters. The molecule has 0 aliphatic carbocycles. The van der Waals surface area contributed by atoms with Crippen LogP contribution in [-0.2, 0) is 11.3 Å². The zero-order chi connectivity index (χ0) is 25.0. The quantitative estimate of drug-likeness (QED) is 0.198. The molecule has 180 valence electrons. The molecule has 0 fully saturated rings. The number of carbonyl (C=O) groups is 1. The highest BCUT2D eigenvalue weighted by Crippen LogP contribution is 2.33. The number of hydrogen-bond donors (Lipinski definition) is 4. The van der Waals surface area contributed by atoms with Crippen LogP contribution in [0.2, 0.25) is 0 Å². The molecule has 3 rings (SSSR count). The SMILES string of the molecule is CC(C)CCn1nc(-c2cccs2)c(O)c(C(N)=Nc2ccc(OC(C)C(=O)O)cc2S)c1=O. The van der Waals surface area contributed by atoms with E-state index in [2.05, 4.69) is 22.7 Å². The second-order valence-electron chi connectivity index (χ2n) is 8.01. The molecule has 2 heterocycles. The number of nitrogens with two attached hydrogens (primary N) is 1. The average Bonchev–Trinajstić information content (AvgIpc) is 3.29. The van der Waals surface area contributed by atoms with Crippen molar-refractivity contribution in [1.29, 1.82) is 0 Å². The van der Waals surface area contributed by atoms with Gasteiger partial charge in [-0.15, -0.1) is 24.0 Å². The summed E-state index contributed by atoms with van der Waals surface area (Å²) in [6, 6.07) is 8.18. The standard InChI is InChI=1S/C23H26N4O5S2/c1-12(2)8-9-27-22(29)18(20(28)19(26-27)17-5-4-10-34-17)21(24)25-15-7-6-14(11-16(15)33)32-13(3)23(30)31/h4-7,10-13,28,33H,8-9H2,1-3H3,(H2,24,25)(H,30,31). The summed E-state index contributed by atoms with van der Waals surface area (Å²) in [6.07, 6.45) is -0.324. The van der Waals surface area contributed by atoms with Crippen LogP contribution in [0.3, 0.4) is 0 Å². The monoisotopic (exact) mass is 502 g/mol. The van der Waals surface area contributed by atoms with E-state index in [9.17, 15) is 14.7 Å². The number of aliphatic imine (C=N–C) groups is 1. The van der Waals surface area contributed by atoms with Crippen molar-refractivity contribution >= 4 is 41.5 Å². The van der Waals surface area contributed by atoms with Gasteiger partial charge in [-0.05, 0) is 48.9 Å². The Morgan fingerprint density at radius 2 is 2.06 bits per heavy atom. The highest BCUT2D eigenvalue weighted by molar-refractivity contribution is 7.80. The number of amidine groups is 1. The van der Waals surface area contributed by atoms with Crippen molar-refractivity contribution in [2.24, 2.45) is 16.6 Å². The Balaban J connectivity index is 2.06. The van der Waals surface area contributed by atoms with Crippen LogP contribution in [0.25, 0.3) is 10.6 Å². The van der Waals surface area contributed by atoms with Crippen LogP contribution >= 0.6 is 24.0 Å². The van der Waals surface area contributed by atoms with E-state index in [0.29, 0.717) is 33.7 Å². The van der Waals surface area contributed by atoms with Crippen LogP contribution in [0, 0.1) is 5.92 Å². The molecule has 11 heteroatoms. The molecule has 9 nitrogen and oxygen atoms in total. The number of hydrogen-bond acceptors (Lipinski definition) is 8. The summed E-state index contributed by atoms with van der Waals surface area (Å²) in [7, 11) is 0. The fraction of sp³-hybridized carbons (Fsp3) is 0.304. The number of aliphatic carboxylic acids is 1. The predicted octanol–water partition coefficient (Wildman–Crippen LogP) is 3.90. The Morgan fingerprint density at radius 3 is 2.65 bits per heavy atom. The van der Waals surface area contributed by atoms with Gasteiger partial charge in [-0.3, -0.25) is 4.79 Å². The van der Waals surface area contributed by atoms with Crippen LogP contribution < -0.4 is 16.0 Å². The lowest BCUT2D eigenvalue weighted by Crippen LogP contribution is -2.32. The van der Waals surface area contributed by atoms with E-state index in [0.717, 1.165) is 6.42 Å².